The summed E-state index contributed by atoms with van der Waals surface area (Å²) in [5.41, 5.74) is 5.37. The summed E-state index contributed by atoms with van der Waals surface area (Å²) < 4.78 is 22.8. The summed E-state index contributed by atoms with van der Waals surface area (Å²) in [6.07, 6.45) is 4.06. The minimum atomic E-state index is -2.88. The van der Waals surface area contributed by atoms with E-state index in [1.807, 2.05) is 0 Å². The van der Waals surface area contributed by atoms with Gasteiger partial charge in [0.1, 0.15) is 0 Å². The maximum absolute atomic E-state index is 12.5. The summed E-state index contributed by atoms with van der Waals surface area (Å²) in [7, 11) is -2.88. The van der Waals surface area contributed by atoms with Gasteiger partial charge in [-0.3, -0.25) is 4.79 Å². The Balaban J connectivity index is 2.58. The van der Waals surface area contributed by atoms with Gasteiger partial charge in [0.15, 0.2) is 9.84 Å². The molecule has 5 nitrogen and oxygen atoms in total. The molecule has 0 spiro atoms. The van der Waals surface area contributed by atoms with Crippen LogP contribution in [-0.4, -0.2) is 38.9 Å². The van der Waals surface area contributed by atoms with Crippen LogP contribution in [0.1, 0.15) is 46.0 Å². The van der Waals surface area contributed by atoms with E-state index in [4.69, 9.17) is 5.73 Å². The summed E-state index contributed by atoms with van der Waals surface area (Å²) in [5.74, 6) is 0.500. The van der Waals surface area contributed by atoms with E-state index in [0.29, 0.717) is 19.5 Å². The van der Waals surface area contributed by atoms with Gasteiger partial charge in [0.2, 0.25) is 5.91 Å². The van der Waals surface area contributed by atoms with E-state index in [-0.39, 0.29) is 23.3 Å². The van der Waals surface area contributed by atoms with Crippen LogP contribution in [0, 0.1) is 11.3 Å². The fourth-order valence-electron chi connectivity index (χ4n) is 3.06. The molecule has 0 aromatic carbocycles. The summed E-state index contributed by atoms with van der Waals surface area (Å²) in [6, 6.07) is 0. The first-order valence-electron chi connectivity index (χ1n) is 7.58. The lowest BCUT2D eigenvalue weighted by atomic mass is 9.78. The normalized spacial score (nSPS) is 21.9. The molecule has 1 fully saturated rings. The molecule has 1 amide bonds. The Morgan fingerprint density at radius 1 is 1.30 bits per heavy atom. The van der Waals surface area contributed by atoms with Crippen LogP contribution in [0.25, 0.3) is 0 Å². The van der Waals surface area contributed by atoms with Crippen molar-refractivity contribution in [1.82, 2.24) is 5.32 Å². The van der Waals surface area contributed by atoms with Crippen LogP contribution in [0.4, 0.5) is 0 Å². The molecule has 1 aliphatic rings. The topological polar surface area (TPSA) is 89.3 Å². The van der Waals surface area contributed by atoms with Crippen LogP contribution >= 0.6 is 0 Å². The molecule has 1 rings (SSSR count). The number of nitrogens with one attached hydrogen (secondary N) is 1. The first kappa shape index (κ1) is 17.4. The van der Waals surface area contributed by atoms with Crippen LogP contribution in [0.3, 0.4) is 0 Å². The van der Waals surface area contributed by atoms with Gasteiger partial charge in [-0.1, -0.05) is 26.7 Å². The molecular formula is C14H28N2O3S. The highest BCUT2D eigenvalue weighted by molar-refractivity contribution is 7.91. The number of rotatable bonds is 8. The smallest absolute Gasteiger partial charge is 0.227 e. The average Bonchev–Trinajstić information content (AvgIpc) is 2.75. The quantitative estimate of drug-likeness (QED) is 0.702. The van der Waals surface area contributed by atoms with Crippen LogP contribution in [0.2, 0.25) is 0 Å². The molecule has 0 bridgehead atoms. The van der Waals surface area contributed by atoms with Crippen molar-refractivity contribution < 1.29 is 13.2 Å². The van der Waals surface area contributed by atoms with Gasteiger partial charge in [-0.05, 0) is 25.2 Å². The third-order valence-electron chi connectivity index (χ3n) is 4.21. The van der Waals surface area contributed by atoms with Gasteiger partial charge in [-0.25, -0.2) is 8.42 Å². The van der Waals surface area contributed by atoms with Gasteiger partial charge in [0.25, 0.3) is 0 Å². The van der Waals surface area contributed by atoms with E-state index < -0.39 is 15.3 Å². The number of carbonyl (C=O) groups excluding carboxylic acids is 1. The Kier molecular flexibility index (Phi) is 6.45. The minimum Gasteiger partial charge on any atom is -0.355 e. The monoisotopic (exact) mass is 304 g/mol. The van der Waals surface area contributed by atoms with Crippen molar-refractivity contribution in [3.05, 3.63) is 0 Å². The molecule has 6 heteroatoms. The van der Waals surface area contributed by atoms with E-state index in [2.05, 4.69) is 19.2 Å². The van der Waals surface area contributed by atoms with Crippen LogP contribution < -0.4 is 11.1 Å². The van der Waals surface area contributed by atoms with Gasteiger partial charge in [-0.15, -0.1) is 0 Å². The predicted molar refractivity (Wildman–Crippen MR) is 81.1 cm³/mol. The fourth-order valence-corrected chi connectivity index (χ4v) is 4.93. The lowest BCUT2D eigenvalue weighted by Gasteiger charge is -2.31. The molecule has 20 heavy (non-hydrogen) atoms. The van der Waals surface area contributed by atoms with Gasteiger partial charge >= 0.3 is 0 Å². The summed E-state index contributed by atoms with van der Waals surface area (Å²) in [4.78, 5) is 12.5. The Bertz CT molecular complexity index is 414. The summed E-state index contributed by atoms with van der Waals surface area (Å²) in [5, 5.41) is 2.94. The Hall–Kier alpha value is -0.620. The number of sulfone groups is 1. The Morgan fingerprint density at radius 2 is 1.90 bits per heavy atom. The van der Waals surface area contributed by atoms with Crippen LogP contribution in [0.5, 0.6) is 0 Å². The molecular weight excluding hydrogens is 276 g/mol. The van der Waals surface area contributed by atoms with Crippen molar-refractivity contribution in [3.63, 3.8) is 0 Å². The van der Waals surface area contributed by atoms with E-state index in [9.17, 15) is 13.2 Å². The molecule has 0 aliphatic carbocycles. The molecule has 1 saturated heterocycles. The third kappa shape index (κ3) is 4.45. The lowest BCUT2D eigenvalue weighted by Crippen LogP contribution is -2.47. The van der Waals surface area contributed by atoms with Crippen molar-refractivity contribution in [2.24, 2.45) is 17.1 Å². The number of hydrogen-bond donors (Lipinski definition) is 2. The minimum absolute atomic E-state index is 0.00648. The maximum Gasteiger partial charge on any atom is 0.227 e. The number of hydrogen-bond acceptors (Lipinski definition) is 4. The highest BCUT2D eigenvalue weighted by Gasteiger charge is 2.36. The molecule has 0 saturated carbocycles. The van der Waals surface area contributed by atoms with Gasteiger partial charge in [0.05, 0.1) is 16.9 Å². The Morgan fingerprint density at radius 3 is 2.30 bits per heavy atom. The fraction of sp³-hybridized carbons (Fsp3) is 0.929. The molecule has 0 aromatic heterocycles. The Labute approximate surface area is 122 Å². The van der Waals surface area contributed by atoms with Crippen molar-refractivity contribution >= 4 is 15.7 Å². The van der Waals surface area contributed by atoms with E-state index in [1.165, 1.54) is 0 Å². The lowest BCUT2D eigenvalue weighted by molar-refractivity contribution is -0.131. The number of amides is 1. The van der Waals surface area contributed by atoms with Gasteiger partial charge < -0.3 is 11.1 Å². The summed E-state index contributed by atoms with van der Waals surface area (Å²) in [6.45, 7) is 4.91. The first-order valence-corrected chi connectivity index (χ1v) is 9.40. The molecule has 1 atom stereocenters. The molecule has 3 N–H and O–H groups in total. The zero-order valence-electron chi connectivity index (χ0n) is 12.7. The highest BCUT2D eigenvalue weighted by atomic mass is 32.2. The SMILES string of the molecule is CCCC(CN)(CCC)C(=O)NCC1CCS(=O)(=O)C1. The van der Waals surface area contributed by atoms with Gasteiger partial charge in [-0.2, -0.15) is 0 Å². The van der Waals surface area contributed by atoms with E-state index >= 15 is 0 Å². The zero-order chi connectivity index (χ0) is 15.2. The molecule has 0 aromatic rings. The molecule has 0 radical (unpaired) electrons. The van der Waals surface area contributed by atoms with Crippen LogP contribution in [0.15, 0.2) is 0 Å². The maximum atomic E-state index is 12.5. The second-order valence-corrected chi connectivity index (χ2v) is 8.19. The highest BCUT2D eigenvalue weighted by Crippen LogP contribution is 2.29. The third-order valence-corrected chi connectivity index (χ3v) is 6.04. The largest absolute Gasteiger partial charge is 0.355 e. The van der Waals surface area contributed by atoms with E-state index in [1.54, 1.807) is 0 Å². The number of carbonyl (C=O) groups is 1. The zero-order valence-corrected chi connectivity index (χ0v) is 13.5. The van der Waals surface area contributed by atoms with Crippen LogP contribution in [-0.2, 0) is 14.6 Å². The molecule has 118 valence electrons. The second-order valence-electron chi connectivity index (χ2n) is 5.96. The van der Waals surface area contributed by atoms with Crippen molar-refractivity contribution in [2.75, 3.05) is 24.6 Å². The average molecular weight is 304 g/mol. The molecule has 1 heterocycles. The first-order chi connectivity index (χ1) is 9.39. The molecule has 1 aliphatic heterocycles. The van der Waals surface area contributed by atoms with E-state index in [0.717, 1.165) is 25.7 Å². The van der Waals surface area contributed by atoms with Crippen molar-refractivity contribution in [2.45, 2.75) is 46.0 Å². The standard InChI is InChI=1S/C14H28N2O3S/c1-3-6-14(11-15,7-4-2)13(17)16-9-12-5-8-20(18,19)10-12/h12H,3-11,15H2,1-2H3,(H,16,17). The second kappa shape index (κ2) is 7.41. The predicted octanol–water partition coefficient (Wildman–Crippen LogP) is 1.08. The number of nitrogens with two attached hydrogens (primary N) is 1. The molecule has 1 unspecified atom stereocenters. The summed E-state index contributed by atoms with van der Waals surface area (Å²) >= 11 is 0. The van der Waals surface area contributed by atoms with Gasteiger partial charge in [0, 0.05) is 13.1 Å². The van der Waals surface area contributed by atoms with Crippen molar-refractivity contribution in [3.8, 4) is 0 Å². The van der Waals surface area contributed by atoms with Crippen molar-refractivity contribution in [1.29, 1.82) is 0 Å².